The van der Waals surface area contributed by atoms with Gasteiger partial charge in [0.1, 0.15) is 6.54 Å². The molecule has 1 atom stereocenters. The number of halogens is 1. The molecule has 3 heteroatoms. The van der Waals surface area contributed by atoms with Crippen LogP contribution < -0.4 is 21.5 Å². The molecule has 27 heavy (non-hydrogen) atoms. The van der Waals surface area contributed by atoms with Crippen LogP contribution in [0.15, 0.2) is 24.5 Å². The summed E-state index contributed by atoms with van der Waals surface area (Å²) < 4.78 is 2.41. The van der Waals surface area contributed by atoms with E-state index >= 15 is 0 Å². The van der Waals surface area contributed by atoms with Crippen molar-refractivity contribution in [2.45, 2.75) is 109 Å². The van der Waals surface area contributed by atoms with Crippen molar-refractivity contribution in [3.63, 3.8) is 0 Å². The van der Waals surface area contributed by atoms with E-state index in [2.05, 4.69) is 48.0 Å². The van der Waals surface area contributed by atoms with Gasteiger partial charge in [-0.3, -0.25) is 4.90 Å². The van der Waals surface area contributed by atoms with E-state index in [1.54, 1.807) is 0 Å². The summed E-state index contributed by atoms with van der Waals surface area (Å²) in [5.74, 6) is 0. The number of aromatic nitrogens is 1. The maximum atomic E-state index is 2.50. The molecule has 1 aliphatic heterocycles. The molecule has 2 nitrogen and oxygen atoms in total. The number of rotatable bonds is 14. The third-order valence-electron chi connectivity index (χ3n) is 6.06. The van der Waals surface area contributed by atoms with Crippen LogP contribution in [0.5, 0.6) is 0 Å². The van der Waals surface area contributed by atoms with Crippen LogP contribution in [0.3, 0.4) is 0 Å². The van der Waals surface area contributed by atoms with Crippen molar-refractivity contribution in [1.82, 2.24) is 4.90 Å². The first-order valence-corrected chi connectivity index (χ1v) is 11.5. The topological polar surface area (TPSA) is 7.12 Å². The summed E-state index contributed by atoms with van der Waals surface area (Å²) in [6.07, 6.45) is 24.4. The van der Waals surface area contributed by atoms with Gasteiger partial charge in [0, 0.05) is 24.1 Å². The standard InChI is InChI=1S/C24H43N2.BrH/c1-3-4-5-6-7-8-9-10-11-12-13-14-20-26-21-15-17-23(22-26)24-18-16-19-25(24)2;/h15,17,21-22,24H,3-14,16,18-20H2,1-2H3;1H/q+1;/p-1/t24-;/m0./s1. The molecule has 0 aliphatic carbocycles. The molecule has 0 unspecified atom stereocenters. The Bertz CT molecular complexity index is 477. The molecular formula is C24H43BrN2. The average Bonchev–Trinajstić information content (AvgIpc) is 3.09. The smallest absolute Gasteiger partial charge is 0.173 e. The third kappa shape index (κ3) is 10.1. The lowest BCUT2D eigenvalue weighted by Gasteiger charge is -2.18. The second kappa shape index (κ2) is 15.5. The zero-order valence-corrected chi connectivity index (χ0v) is 19.6. The second-order valence-electron chi connectivity index (χ2n) is 8.40. The van der Waals surface area contributed by atoms with Crippen LogP contribution in [0, 0.1) is 0 Å². The van der Waals surface area contributed by atoms with Crippen LogP contribution in [0.1, 0.15) is 108 Å². The van der Waals surface area contributed by atoms with E-state index in [0.717, 1.165) is 0 Å². The lowest BCUT2D eigenvalue weighted by molar-refractivity contribution is -0.697. The number of hydrogen-bond donors (Lipinski definition) is 0. The highest BCUT2D eigenvalue weighted by atomic mass is 79.9. The molecule has 0 aromatic carbocycles. The van der Waals surface area contributed by atoms with Crippen LogP contribution in [-0.4, -0.2) is 18.5 Å². The van der Waals surface area contributed by atoms with Crippen molar-refractivity contribution in [2.24, 2.45) is 0 Å². The first kappa shape index (κ1) is 24.6. The Kier molecular flexibility index (Phi) is 14.1. The maximum Gasteiger partial charge on any atom is 0.173 e. The summed E-state index contributed by atoms with van der Waals surface area (Å²) in [6, 6.07) is 5.19. The van der Waals surface area contributed by atoms with Crippen LogP contribution in [0.2, 0.25) is 0 Å². The summed E-state index contributed by atoms with van der Waals surface area (Å²) in [6.45, 7) is 4.73. The zero-order chi connectivity index (χ0) is 18.5. The van der Waals surface area contributed by atoms with Crippen molar-refractivity contribution in [1.29, 1.82) is 0 Å². The van der Waals surface area contributed by atoms with E-state index in [4.69, 9.17) is 0 Å². The minimum Gasteiger partial charge on any atom is -1.00 e. The van der Waals surface area contributed by atoms with E-state index < -0.39 is 0 Å². The second-order valence-corrected chi connectivity index (χ2v) is 8.40. The van der Waals surface area contributed by atoms with E-state index in [0.29, 0.717) is 6.04 Å². The largest absolute Gasteiger partial charge is 1.00 e. The number of aryl methyl sites for hydroxylation is 1. The number of nitrogens with zero attached hydrogens (tertiary/aromatic N) is 2. The van der Waals surface area contributed by atoms with Crippen LogP contribution in [-0.2, 0) is 6.54 Å². The normalized spacial score (nSPS) is 17.2. The van der Waals surface area contributed by atoms with Gasteiger partial charge in [0.2, 0.25) is 0 Å². The first-order valence-electron chi connectivity index (χ1n) is 11.5. The Balaban J connectivity index is 0.00000364. The highest BCUT2D eigenvalue weighted by Gasteiger charge is 2.24. The zero-order valence-electron chi connectivity index (χ0n) is 18.0. The molecule has 1 fully saturated rings. The Labute approximate surface area is 179 Å². The fraction of sp³-hybridized carbons (Fsp3) is 0.792. The van der Waals surface area contributed by atoms with Gasteiger partial charge in [-0.15, -0.1) is 0 Å². The van der Waals surface area contributed by atoms with E-state index in [1.807, 2.05) is 0 Å². The van der Waals surface area contributed by atoms with Gasteiger partial charge in [-0.2, -0.15) is 0 Å². The van der Waals surface area contributed by atoms with Crippen molar-refractivity contribution in [2.75, 3.05) is 13.6 Å². The Morgan fingerprint density at radius 3 is 2.07 bits per heavy atom. The van der Waals surface area contributed by atoms with Crippen molar-refractivity contribution < 1.29 is 21.5 Å². The number of unbranched alkanes of at least 4 members (excludes halogenated alkanes) is 11. The molecule has 0 bridgehead atoms. The van der Waals surface area contributed by atoms with Gasteiger partial charge >= 0.3 is 0 Å². The summed E-state index contributed by atoms with van der Waals surface area (Å²) >= 11 is 0. The predicted molar refractivity (Wildman–Crippen MR) is 112 cm³/mol. The van der Waals surface area contributed by atoms with E-state index in [-0.39, 0.29) is 17.0 Å². The summed E-state index contributed by atoms with van der Waals surface area (Å²) in [7, 11) is 2.26. The van der Waals surface area contributed by atoms with E-state index in [1.165, 1.54) is 109 Å². The molecule has 0 N–H and O–H groups in total. The quantitative estimate of drug-likeness (QED) is 0.318. The summed E-state index contributed by atoms with van der Waals surface area (Å²) in [5, 5.41) is 0. The molecule has 0 spiro atoms. The van der Waals surface area contributed by atoms with Gasteiger partial charge in [-0.1, -0.05) is 71.1 Å². The summed E-state index contributed by atoms with van der Waals surface area (Å²) in [4.78, 5) is 2.50. The SMILES string of the molecule is CCCCCCCCCCCCCC[n+]1cccc([C@@H]2CCCN2C)c1.[Br-]. The molecule has 2 heterocycles. The molecule has 1 aromatic heterocycles. The molecule has 2 rings (SSSR count). The molecule has 0 amide bonds. The Morgan fingerprint density at radius 2 is 1.52 bits per heavy atom. The van der Waals surface area contributed by atoms with Gasteiger partial charge in [0.05, 0.1) is 0 Å². The van der Waals surface area contributed by atoms with Crippen molar-refractivity contribution in [3.05, 3.63) is 30.1 Å². The third-order valence-corrected chi connectivity index (χ3v) is 6.06. The minimum atomic E-state index is 0. The van der Waals surface area contributed by atoms with Gasteiger partial charge in [-0.05, 0) is 38.9 Å². The van der Waals surface area contributed by atoms with Gasteiger partial charge in [-0.25, -0.2) is 4.57 Å². The number of likely N-dealkylation sites (tertiary alicyclic amines) is 1. The predicted octanol–water partition coefficient (Wildman–Crippen LogP) is 3.45. The molecule has 0 saturated carbocycles. The fourth-order valence-electron chi connectivity index (χ4n) is 4.35. The summed E-state index contributed by atoms with van der Waals surface area (Å²) in [5.41, 5.74) is 1.51. The molecular weight excluding hydrogens is 396 g/mol. The van der Waals surface area contributed by atoms with Crippen LogP contribution in [0.4, 0.5) is 0 Å². The molecule has 1 saturated heterocycles. The van der Waals surface area contributed by atoms with Crippen molar-refractivity contribution in [3.8, 4) is 0 Å². The molecule has 1 aliphatic rings. The van der Waals surface area contributed by atoms with Gasteiger partial charge in [0.25, 0.3) is 0 Å². The first-order chi connectivity index (χ1) is 12.8. The van der Waals surface area contributed by atoms with Crippen molar-refractivity contribution >= 4 is 0 Å². The Morgan fingerprint density at radius 1 is 0.926 bits per heavy atom. The monoisotopic (exact) mass is 438 g/mol. The van der Waals surface area contributed by atoms with Gasteiger partial charge in [0.15, 0.2) is 12.4 Å². The highest BCUT2D eigenvalue weighted by Crippen LogP contribution is 2.29. The molecule has 1 aromatic rings. The number of hydrogen-bond acceptors (Lipinski definition) is 1. The maximum absolute atomic E-state index is 2.50. The minimum absolute atomic E-state index is 0. The lowest BCUT2D eigenvalue weighted by atomic mass is 10.1. The Hall–Kier alpha value is -0.410. The molecule has 156 valence electrons. The van der Waals surface area contributed by atoms with E-state index in [9.17, 15) is 0 Å². The lowest BCUT2D eigenvalue weighted by Crippen LogP contribution is -3.00. The fourth-order valence-corrected chi connectivity index (χ4v) is 4.35. The van der Waals surface area contributed by atoms with Gasteiger partial charge < -0.3 is 17.0 Å². The van der Waals surface area contributed by atoms with Crippen LogP contribution >= 0.6 is 0 Å². The highest BCUT2D eigenvalue weighted by molar-refractivity contribution is 5.12. The molecule has 0 radical (unpaired) electrons. The number of pyridine rings is 1. The van der Waals surface area contributed by atoms with Crippen LogP contribution in [0.25, 0.3) is 0 Å². The average molecular weight is 440 g/mol.